The first-order chi connectivity index (χ1) is 18.1. The molecule has 0 aliphatic carbocycles. The molecular weight excluding hydrogens is 464 g/mol. The lowest BCUT2D eigenvalue weighted by Crippen LogP contribution is -2.18. The molecule has 1 aliphatic heterocycles. The van der Waals surface area contributed by atoms with Crippen molar-refractivity contribution in [3.8, 4) is 17.1 Å². The Morgan fingerprint density at radius 1 is 0.757 bits per heavy atom. The van der Waals surface area contributed by atoms with E-state index in [1.54, 1.807) is 9.36 Å². The average molecular weight is 489 g/mol. The first-order valence-corrected chi connectivity index (χ1v) is 12.0. The van der Waals surface area contributed by atoms with Gasteiger partial charge in [0.1, 0.15) is 11.9 Å². The molecule has 0 saturated heterocycles. The Hall–Kier alpha value is -4.92. The minimum Gasteiger partial charge on any atom is -0.485 e. The molecule has 0 fully saturated rings. The molecule has 2 aromatic heterocycles. The molecule has 6 rings (SSSR count). The number of hydrogen-bond acceptors (Lipinski definition) is 7. The highest BCUT2D eigenvalue weighted by molar-refractivity contribution is 5.79. The predicted molar refractivity (Wildman–Crippen MR) is 139 cm³/mol. The molecule has 0 radical (unpaired) electrons. The van der Waals surface area contributed by atoms with Crippen LogP contribution in [0.5, 0.6) is 5.75 Å². The predicted octanol–water partition coefficient (Wildman–Crippen LogP) is 4.55. The van der Waals surface area contributed by atoms with E-state index < -0.39 is 0 Å². The fourth-order valence-corrected chi connectivity index (χ4v) is 4.25. The molecule has 3 aromatic carbocycles. The zero-order valence-corrected chi connectivity index (χ0v) is 20.6. The number of aromatic nitrogens is 8. The normalized spacial score (nSPS) is 14.5. The maximum atomic E-state index is 6.21. The fourth-order valence-electron chi connectivity index (χ4n) is 4.25. The molecule has 0 N–H and O–H groups in total. The molecule has 0 amide bonds. The van der Waals surface area contributed by atoms with E-state index in [1.165, 1.54) is 0 Å². The summed E-state index contributed by atoms with van der Waals surface area (Å²) >= 11 is 0. The van der Waals surface area contributed by atoms with Gasteiger partial charge in [-0.1, -0.05) is 53.6 Å². The van der Waals surface area contributed by atoms with Gasteiger partial charge in [-0.3, -0.25) is 0 Å². The first-order valence-electron chi connectivity index (χ1n) is 12.0. The Kier molecular flexibility index (Phi) is 5.65. The summed E-state index contributed by atoms with van der Waals surface area (Å²) in [6.07, 6.45) is 3.92. The van der Waals surface area contributed by atoms with E-state index in [-0.39, 0.29) is 6.10 Å². The van der Waals surface area contributed by atoms with Crippen molar-refractivity contribution in [1.29, 1.82) is 0 Å². The third-order valence-electron chi connectivity index (χ3n) is 6.30. The van der Waals surface area contributed by atoms with Gasteiger partial charge in [0.25, 0.3) is 0 Å². The number of nitrogens with zero attached hydrogens (tertiary/aromatic N) is 8. The molecule has 182 valence electrons. The van der Waals surface area contributed by atoms with Gasteiger partial charge in [0.15, 0.2) is 11.6 Å². The van der Waals surface area contributed by atoms with Gasteiger partial charge in [-0.2, -0.15) is 9.36 Å². The van der Waals surface area contributed by atoms with Crippen LogP contribution in [-0.4, -0.2) is 46.5 Å². The minimum atomic E-state index is -0.197. The molecule has 5 aromatic rings. The highest BCUT2D eigenvalue weighted by Gasteiger charge is 2.25. The van der Waals surface area contributed by atoms with Gasteiger partial charge >= 0.3 is 0 Å². The third-order valence-corrected chi connectivity index (χ3v) is 6.30. The van der Waals surface area contributed by atoms with Crippen LogP contribution in [0.1, 0.15) is 35.3 Å². The molecule has 9 nitrogen and oxygen atoms in total. The summed E-state index contributed by atoms with van der Waals surface area (Å²) in [6.45, 7) is 6.10. The highest BCUT2D eigenvalue weighted by Crippen LogP contribution is 2.33. The van der Waals surface area contributed by atoms with Gasteiger partial charge in [0.05, 0.1) is 16.9 Å². The van der Waals surface area contributed by atoms with Gasteiger partial charge in [-0.15, -0.1) is 10.2 Å². The maximum Gasteiger partial charge on any atom is 0.190 e. The Morgan fingerprint density at radius 2 is 1.30 bits per heavy atom. The van der Waals surface area contributed by atoms with Crippen LogP contribution >= 0.6 is 0 Å². The SMILES string of the molecule is Cc1ccc(-n2nnnc2C(=CC2=Cc3ccccc3OC2C)c2nnnn2-c2ccc(C)cc2)cc1. The smallest absolute Gasteiger partial charge is 0.190 e. The number of para-hydroxylation sites is 1. The van der Waals surface area contributed by atoms with Crippen LogP contribution in [0.4, 0.5) is 0 Å². The molecule has 3 heterocycles. The lowest BCUT2D eigenvalue weighted by molar-refractivity contribution is 0.257. The number of fused-ring (bicyclic) bond motifs is 1. The summed E-state index contributed by atoms with van der Waals surface area (Å²) in [6, 6.07) is 24.0. The van der Waals surface area contributed by atoms with Gasteiger partial charge in [0.2, 0.25) is 0 Å². The van der Waals surface area contributed by atoms with Crippen LogP contribution in [-0.2, 0) is 0 Å². The number of benzene rings is 3. The Bertz CT molecular complexity index is 1540. The zero-order chi connectivity index (χ0) is 25.4. The second kappa shape index (κ2) is 9.27. The van der Waals surface area contributed by atoms with E-state index >= 15 is 0 Å². The average Bonchev–Trinajstić information content (AvgIpc) is 3.59. The van der Waals surface area contributed by atoms with E-state index in [2.05, 4.69) is 37.1 Å². The van der Waals surface area contributed by atoms with Crippen molar-refractivity contribution in [3.63, 3.8) is 0 Å². The number of ether oxygens (including phenoxy) is 1. The topological polar surface area (TPSA) is 96.4 Å². The van der Waals surface area contributed by atoms with E-state index in [0.717, 1.165) is 39.4 Å². The lowest BCUT2D eigenvalue weighted by atomic mass is 9.99. The zero-order valence-electron chi connectivity index (χ0n) is 20.6. The number of rotatable bonds is 5. The van der Waals surface area contributed by atoms with Gasteiger partial charge in [-0.05, 0) is 89.7 Å². The molecule has 1 atom stereocenters. The first kappa shape index (κ1) is 22.5. The number of aryl methyl sites for hydroxylation is 2. The molecule has 0 bridgehead atoms. The largest absolute Gasteiger partial charge is 0.485 e. The van der Waals surface area contributed by atoms with Gasteiger partial charge < -0.3 is 4.74 Å². The summed E-state index contributed by atoms with van der Waals surface area (Å²) in [5.41, 5.74) is 6.57. The summed E-state index contributed by atoms with van der Waals surface area (Å²) in [7, 11) is 0. The van der Waals surface area contributed by atoms with E-state index in [4.69, 9.17) is 4.74 Å². The monoisotopic (exact) mass is 488 g/mol. The van der Waals surface area contributed by atoms with Crippen molar-refractivity contribution >= 4 is 11.6 Å². The quantitative estimate of drug-likeness (QED) is 0.358. The summed E-state index contributed by atoms with van der Waals surface area (Å²) < 4.78 is 9.60. The summed E-state index contributed by atoms with van der Waals surface area (Å²) in [5.74, 6) is 1.88. The van der Waals surface area contributed by atoms with Crippen molar-refractivity contribution in [3.05, 3.63) is 113 Å². The van der Waals surface area contributed by atoms with Crippen molar-refractivity contribution in [2.75, 3.05) is 0 Å². The Labute approximate surface area is 213 Å². The molecule has 0 spiro atoms. The molecule has 1 unspecified atom stereocenters. The van der Waals surface area contributed by atoms with E-state index in [1.807, 2.05) is 99.6 Å². The third kappa shape index (κ3) is 4.31. The maximum absolute atomic E-state index is 6.21. The number of tetrazole rings is 2. The minimum absolute atomic E-state index is 0.197. The van der Waals surface area contributed by atoms with Crippen LogP contribution in [0.3, 0.4) is 0 Å². The van der Waals surface area contributed by atoms with Crippen LogP contribution in [0.15, 0.2) is 84.4 Å². The molecule has 1 aliphatic rings. The van der Waals surface area contributed by atoms with Crippen molar-refractivity contribution in [1.82, 2.24) is 40.4 Å². The number of hydrogen-bond donors (Lipinski definition) is 0. The Morgan fingerprint density at radius 3 is 1.86 bits per heavy atom. The second-order valence-electron chi connectivity index (χ2n) is 9.00. The Balaban J connectivity index is 1.55. The van der Waals surface area contributed by atoms with E-state index in [0.29, 0.717) is 17.2 Å². The lowest BCUT2D eigenvalue weighted by Gasteiger charge is -2.23. The van der Waals surface area contributed by atoms with Gasteiger partial charge in [-0.25, -0.2) is 0 Å². The van der Waals surface area contributed by atoms with Crippen molar-refractivity contribution < 1.29 is 4.74 Å². The summed E-state index contributed by atoms with van der Waals surface area (Å²) in [4.78, 5) is 0. The second-order valence-corrected chi connectivity index (χ2v) is 9.00. The molecule has 0 saturated carbocycles. The summed E-state index contributed by atoms with van der Waals surface area (Å²) in [5, 5.41) is 25.4. The standard InChI is InChI=1S/C28H24N8O/c1-18-8-12-23(13-9-18)35-27(29-31-33-35)25(17-22-16-21-6-4-5-7-26(21)37-20(22)3)28-30-32-34-36(28)24-14-10-19(2)11-15-24/h4-17,20H,1-3H3. The van der Waals surface area contributed by atoms with Crippen molar-refractivity contribution in [2.24, 2.45) is 0 Å². The fraction of sp³-hybridized carbons (Fsp3) is 0.143. The van der Waals surface area contributed by atoms with Crippen LogP contribution < -0.4 is 4.74 Å². The highest BCUT2D eigenvalue weighted by atomic mass is 16.5. The van der Waals surface area contributed by atoms with Crippen LogP contribution in [0, 0.1) is 13.8 Å². The van der Waals surface area contributed by atoms with Crippen LogP contribution in [0.25, 0.3) is 23.0 Å². The van der Waals surface area contributed by atoms with Crippen LogP contribution in [0.2, 0.25) is 0 Å². The van der Waals surface area contributed by atoms with Crippen molar-refractivity contribution in [2.45, 2.75) is 26.9 Å². The molecular formula is C28H24N8O. The van der Waals surface area contributed by atoms with E-state index in [9.17, 15) is 0 Å². The molecule has 9 heteroatoms. The van der Waals surface area contributed by atoms with Gasteiger partial charge in [0, 0.05) is 5.56 Å². The molecule has 37 heavy (non-hydrogen) atoms.